The molecule has 0 saturated carbocycles. The number of pyridine rings is 1. The first kappa shape index (κ1) is 4.56. The molecule has 9 heavy (non-hydrogen) atoms. The van der Waals surface area contributed by atoms with Gasteiger partial charge in [0, 0.05) is 29.2 Å². The molecule has 2 heteroatoms. The molecule has 0 fully saturated rings. The number of nitrogens with zero attached hydrogens (tertiary/aromatic N) is 1. The first-order valence-electron chi connectivity index (χ1n) is 2.64. The Kier molecular flexibility index (Phi) is 0.803. The van der Waals surface area contributed by atoms with Crippen LogP contribution in [0, 0.1) is 6.07 Å². The third-order valence-electron chi connectivity index (χ3n) is 1.20. The van der Waals surface area contributed by atoms with Crippen LogP contribution >= 0.6 is 0 Å². The molecule has 0 saturated heterocycles. The molecule has 0 amide bonds. The predicted molar refractivity (Wildman–Crippen MR) is 32.8 cm³/mol. The van der Waals surface area contributed by atoms with Crippen LogP contribution in [0.2, 0.25) is 0 Å². The van der Waals surface area contributed by atoms with Crippen molar-refractivity contribution in [2.45, 2.75) is 0 Å². The lowest BCUT2D eigenvalue weighted by Gasteiger charge is -1.79. The molecular weight excluding hydrogens is 114 g/mol. The standard InChI is InChI=1S/C7H4NO/c1-2-8-3-7-5-9-4-6(1)7/h2-5H. The van der Waals surface area contributed by atoms with E-state index in [2.05, 4.69) is 11.1 Å². The molecule has 0 spiro atoms. The third-order valence-corrected chi connectivity index (χ3v) is 1.20. The molecular formula is C7H4NO. The normalized spacial score (nSPS) is 10.2. The lowest BCUT2D eigenvalue weighted by molar-refractivity contribution is 0.572. The molecule has 2 heterocycles. The highest BCUT2D eigenvalue weighted by atomic mass is 16.3. The molecule has 0 bridgehead atoms. The Hall–Kier alpha value is -1.31. The zero-order valence-electron chi connectivity index (χ0n) is 4.66. The van der Waals surface area contributed by atoms with Crippen molar-refractivity contribution < 1.29 is 4.42 Å². The third kappa shape index (κ3) is 0.598. The van der Waals surface area contributed by atoms with E-state index in [1.165, 1.54) is 0 Å². The van der Waals surface area contributed by atoms with Gasteiger partial charge in [-0.2, -0.15) is 0 Å². The lowest BCUT2D eigenvalue weighted by Crippen LogP contribution is -1.66. The van der Waals surface area contributed by atoms with E-state index in [9.17, 15) is 0 Å². The van der Waals surface area contributed by atoms with Crippen molar-refractivity contribution in [2.75, 3.05) is 0 Å². The van der Waals surface area contributed by atoms with E-state index >= 15 is 0 Å². The van der Waals surface area contributed by atoms with Gasteiger partial charge in [0.05, 0.1) is 12.5 Å². The molecule has 2 aromatic rings. The highest BCUT2D eigenvalue weighted by Crippen LogP contribution is 2.10. The van der Waals surface area contributed by atoms with Gasteiger partial charge in [0.2, 0.25) is 0 Å². The van der Waals surface area contributed by atoms with Crippen molar-refractivity contribution in [3.8, 4) is 0 Å². The van der Waals surface area contributed by atoms with E-state index in [1.807, 2.05) is 0 Å². The quantitative estimate of drug-likeness (QED) is 0.525. The second-order valence-electron chi connectivity index (χ2n) is 1.79. The van der Waals surface area contributed by atoms with Gasteiger partial charge in [-0.3, -0.25) is 4.98 Å². The van der Waals surface area contributed by atoms with Crippen LogP contribution in [0.3, 0.4) is 0 Å². The van der Waals surface area contributed by atoms with E-state index in [0.717, 1.165) is 10.8 Å². The van der Waals surface area contributed by atoms with Crippen LogP contribution in [0.5, 0.6) is 0 Å². The fourth-order valence-corrected chi connectivity index (χ4v) is 0.749. The second kappa shape index (κ2) is 1.58. The Bertz CT molecular complexity index is 283. The van der Waals surface area contributed by atoms with E-state index in [0.29, 0.717) is 0 Å². The molecule has 2 nitrogen and oxygen atoms in total. The van der Waals surface area contributed by atoms with Crippen molar-refractivity contribution in [1.29, 1.82) is 0 Å². The summed E-state index contributed by atoms with van der Waals surface area (Å²) in [7, 11) is 0. The Morgan fingerprint density at radius 3 is 3.33 bits per heavy atom. The first-order chi connectivity index (χ1) is 4.47. The molecule has 2 aromatic heterocycles. The van der Waals surface area contributed by atoms with Crippen LogP contribution in [0.1, 0.15) is 0 Å². The van der Waals surface area contributed by atoms with E-state index in [4.69, 9.17) is 4.42 Å². The summed E-state index contributed by atoms with van der Waals surface area (Å²) in [6.45, 7) is 0. The second-order valence-corrected chi connectivity index (χ2v) is 1.79. The molecule has 0 unspecified atom stereocenters. The van der Waals surface area contributed by atoms with Crippen LogP contribution in [0.15, 0.2) is 29.3 Å². The van der Waals surface area contributed by atoms with Crippen molar-refractivity contribution in [2.24, 2.45) is 0 Å². The average Bonchev–Trinajstić information content (AvgIpc) is 2.33. The zero-order chi connectivity index (χ0) is 6.10. The van der Waals surface area contributed by atoms with Gasteiger partial charge in [-0.25, -0.2) is 0 Å². The molecule has 43 valence electrons. The summed E-state index contributed by atoms with van der Waals surface area (Å²) in [5.41, 5.74) is 0. The summed E-state index contributed by atoms with van der Waals surface area (Å²) in [6.07, 6.45) is 6.67. The largest absolute Gasteiger partial charge is 0.471 e. The van der Waals surface area contributed by atoms with E-state index < -0.39 is 0 Å². The topological polar surface area (TPSA) is 26.0 Å². The van der Waals surface area contributed by atoms with Crippen molar-refractivity contribution in [3.63, 3.8) is 0 Å². The minimum atomic E-state index is 0.977. The van der Waals surface area contributed by atoms with Crippen molar-refractivity contribution >= 4 is 10.8 Å². The number of hydrogen-bond acceptors (Lipinski definition) is 2. The Balaban J connectivity index is 2.95. The van der Waals surface area contributed by atoms with Gasteiger partial charge >= 0.3 is 0 Å². The van der Waals surface area contributed by atoms with E-state index in [-0.39, 0.29) is 0 Å². The number of hydrogen-bond donors (Lipinski definition) is 0. The van der Waals surface area contributed by atoms with Crippen LogP contribution in [0.25, 0.3) is 10.8 Å². The maximum absolute atomic E-state index is 4.89. The number of rotatable bonds is 0. The van der Waals surface area contributed by atoms with Gasteiger partial charge in [0.25, 0.3) is 0 Å². The molecule has 2 rings (SSSR count). The summed E-state index contributed by atoms with van der Waals surface area (Å²) in [5, 5.41) is 1.97. The van der Waals surface area contributed by atoms with Gasteiger partial charge in [-0.05, 0) is 0 Å². The van der Waals surface area contributed by atoms with Crippen LogP contribution in [-0.4, -0.2) is 4.98 Å². The summed E-state index contributed by atoms with van der Waals surface area (Å²) in [6, 6.07) is 2.93. The van der Waals surface area contributed by atoms with Crippen molar-refractivity contribution in [3.05, 3.63) is 31.0 Å². The van der Waals surface area contributed by atoms with Gasteiger partial charge in [0.15, 0.2) is 0 Å². The SMILES string of the molecule is [c]1cncc2cocc12. The minimum Gasteiger partial charge on any atom is -0.471 e. The van der Waals surface area contributed by atoms with E-state index in [1.54, 1.807) is 24.9 Å². The molecule has 1 radical (unpaired) electrons. The smallest absolute Gasteiger partial charge is 0.0997 e. The Morgan fingerprint density at radius 2 is 2.44 bits per heavy atom. The molecule has 0 atom stereocenters. The van der Waals surface area contributed by atoms with Crippen LogP contribution in [-0.2, 0) is 0 Å². The maximum atomic E-state index is 4.89. The monoisotopic (exact) mass is 118 g/mol. The summed E-state index contributed by atoms with van der Waals surface area (Å²) >= 11 is 0. The molecule has 0 N–H and O–H groups in total. The lowest BCUT2D eigenvalue weighted by atomic mass is 10.3. The first-order valence-corrected chi connectivity index (χ1v) is 2.64. The highest BCUT2D eigenvalue weighted by molar-refractivity contribution is 5.78. The number of furan rings is 1. The van der Waals surface area contributed by atoms with Crippen LogP contribution in [0.4, 0.5) is 0 Å². The molecule has 0 aliphatic heterocycles. The van der Waals surface area contributed by atoms with Gasteiger partial charge in [0.1, 0.15) is 0 Å². The maximum Gasteiger partial charge on any atom is 0.0997 e. The Morgan fingerprint density at radius 1 is 1.44 bits per heavy atom. The average molecular weight is 118 g/mol. The fraction of sp³-hybridized carbons (Fsp3) is 0. The van der Waals surface area contributed by atoms with Crippen LogP contribution < -0.4 is 0 Å². The summed E-state index contributed by atoms with van der Waals surface area (Å²) in [5.74, 6) is 0. The van der Waals surface area contributed by atoms with Crippen molar-refractivity contribution in [1.82, 2.24) is 4.98 Å². The Labute approximate surface area is 52.1 Å². The highest BCUT2D eigenvalue weighted by Gasteiger charge is 1.90. The molecule has 0 aliphatic rings. The molecule has 0 aromatic carbocycles. The zero-order valence-corrected chi connectivity index (χ0v) is 4.66. The number of aromatic nitrogens is 1. The number of fused-ring (bicyclic) bond motifs is 1. The fourth-order valence-electron chi connectivity index (χ4n) is 0.749. The minimum absolute atomic E-state index is 0.977. The van der Waals surface area contributed by atoms with Gasteiger partial charge in [-0.1, -0.05) is 0 Å². The van der Waals surface area contributed by atoms with Gasteiger partial charge < -0.3 is 4.42 Å². The predicted octanol–water partition coefficient (Wildman–Crippen LogP) is 1.63. The molecule has 0 aliphatic carbocycles. The van der Waals surface area contributed by atoms with Gasteiger partial charge in [-0.15, -0.1) is 0 Å². The summed E-state index contributed by atoms with van der Waals surface area (Å²) < 4.78 is 4.89. The summed E-state index contributed by atoms with van der Waals surface area (Å²) in [4.78, 5) is 3.87.